The molecule has 3 aromatic rings. The summed E-state index contributed by atoms with van der Waals surface area (Å²) in [7, 11) is 0. The van der Waals surface area contributed by atoms with Crippen LogP contribution in [0.1, 0.15) is 51.0 Å². The van der Waals surface area contributed by atoms with Crippen molar-refractivity contribution in [2.45, 2.75) is 52.1 Å². The Morgan fingerprint density at radius 3 is 1.80 bits per heavy atom. The SMILES string of the molecule is CCCCCCCCOc1ccc(COc2ccc(-c3ccc(O)cc3)cc2)cc1. The van der Waals surface area contributed by atoms with Crippen LogP contribution in [0.4, 0.5) is 0 Å². The van der Waals surface area contributed by atoms with Crippen LogP contribution in [0.5, 0.6) is 17.2 Å². The van der Waals surface area contributed by atoms with Crippen molar-refractivity contribution < 1.29 is 14.6 Å². The van der Waals surface area contributed by atoms with Gasteiger partial charge in [-0.05, 0) is 59.5 Å². The van der Waals surface area contributed by atoms with Crippen LogP contribution in [0.25, 0.3) is 11.1 Å². The molecule has 0 heterocycles. The minimum absolute atomic E-state index is 0.275. The van der Waals surface area contributed by atoms with Gasteiger partial charge in [0.2, 0.25) is 0 Å². The van der Waals surface area contributed by atoms with Gasteiger partial charge in [0.25, 0.3) is 0 Å². The molecule has 3 rings (SSSR count). The first-order valence-corrected chi connectivity index (χ1v) is 11.0. The predicted octanol–water partition coefficient (Wildman–Crippen LogP) is 7.38. The molecular weight excluding hydrogens is 372 g/mol. The largest absolute Gasteiger partial charge is 0.508 e. The summed E-state index contributed by atoms with van der Waals surface area (Å²) in [4.78, 5) is 0. The molecule has 0 saturated heterocycles. The first-order valence-electron chi connectivity index (χ1n) is 11.0. The van der Waals surface area contributed by atoms with Gasteiger partial charge in [-0.1, -0.05) is 75.4 Å². The Balaban J connectivity index is 1.40. The monoisotopic (exact) mass is 404 g/mol. The molecule has 3 aromatic carbocycles. The van der Waals surface area contributed by atoms with E-state index >= 15 is 0 Å². The fraction of sp³-hybridized carbons (Fsp3) is 0.333. The zero-order valence-electron chi connectivity index (χ0n) is 17.8. The predicted molar refractivity (Wildman–Crippen MR) is 123 cm³/mol. The highest BCUT2D eigenvalue weighted by atomic mass is 16.5. The zero-order valence-corrected chi connectivity index (χ0v) is 17.8. The Kier molecular flexibility index (Phi) is 8.64. The molecule has 0 saturated carbocycles. The number of hydrogen-bond acceptors (Lipinski definition) is 3. The molecule has 0 amide bonds. The van der Waals surface area contributed by atoms with Gasteiger partial charge >= 0.3 is 0 Å². The fourth-order valence-electron chi connectivity index (χ4n) is 3.32. The molecule has 0 spiro atoms. The average Bonchev–Trinajstić information content (AvgIpc) is 2.79. The van der Waals surface area contributed by atoms with Gasteiger partial charge in [-0.3, -0.25) is 0 Å². The average molecular weight is 405 g/mol. The molecule has 0 aromatic heterocycles. The lowest BCUT2D eigenvalue weighted by Gasteiger charge is -2.09. The molecule has 0 fully saturated rings. The van der Waals surface area contributed by atoms with Crippen molar-refractivity contribution in [2.75, 3.05) is 6.61 Å². The molecule has 0 aliphatic heterocycles. The van der Waals surface area contributed by atoms with E-state index in [2.05, 4.69) is 19.1 Å². The standard InChI is InChI=1S/C27H32O3/c1-2-3-4-5-6-7-20-29-26-16-8-22(9-17-26)21-30-27-18-12-24(13-19-27)23-10-14-25(28)15-11-23/h8-19,28H,2-7,20-21H2,1H3. The lowest BCUT2D eigenvalue weighted by molar-refractivity contribution is 0.300. The van der Waals surface area contributed by atoms with E-state index in [9.17, 15) is 5.11 Å². The summed E-state index contributed by atoms with van der Waals surface area (Å²) in [6.07, 6.45) is 7.64. The van der Waals surface area contributed by atoms with E-state index in [0.717, 1.165) is 41.2 Å². The molecule has 158 valence electrons. The second-order valence-corrected chi connectivity index (χ2v) is 7.62. The minimum atomic E-state index is 0.275. The molecule has 3 heteroatoms. The first kappa shape index (κ1) is 21.8. The van der Waals surface area contributed by atoms with Crippen LogP contribution < -0.4 is 9.47 Å². The van der Waals surface area contributed by atoms with E-state index in [1.54, 1.807) is 12.1 Å². The molecular formula is C27H32O3. The van der Waals surface area contributed by atoms with Crippen LogP contribution in [0, 0.1) is 0 Å². The van der Waals surface area contributed by atoms with Crippen LogP contribution in [0.15, 0.2) is 72.8 Å². The smallest absolute Gasteiger partial charge is 0.119 e. The highest BCUT2D eigenvalue weighted by Gasteiger charge is 2.01. The van der Waals surface area contributed by atoms with Crippen LogP contribution in [0.3, 0.4) is 0 Å². The highest BCUT2D eigenvalue weighted by Crippen LogP contribution is 2.24. The molecule has 0 unspecified atom stereocenters. The number of rotatable bonds is 12. The summed E-state index contributed by atoms with van der Waals surface area (Å²) < 4.78 is 11.7. The van der Waals surface area contributed by atoms with Crippen LogP contribution in [-0.2, 0) is 6.61 Å². The van der Waals surface area contributed by atoms with Gasteiger partial charge in [0.15, 0.2) is 0 Å². The maximum Gasteiger partial charge on any atom is 0.119 e. The molecule has 0 atom stereocenters. The van der Waals surface area contributed by atoms with Crippen LogP contribution in [0.2, 0.25) is 0 Å². The van der Waals surface area contributed by atoms with Gasteiger partial charge in [-0.2, -0.15) is 0 Å². The summed E-state index contributed by atoms with van der Waals surface area (Å²) in [6, 6.07) is 23.3. The van der Waals surface area contributed by atoms with E-state index in [0.29, 0.717) is 6.61 Å². The van der Waals surface area contributed by atoms with E-state index in [1.165, 1.54) is 32.1 Å². The Morgan fingerprint density at radius 1 is 0.600 bits per heavy atom. The fourth-order valence-corrected chi connectivity index (χ4v) is 3.32. The Hall–Kier alpha value is -2.94. The quantitative estimate of drug-likeness (QED) is 0.320. The lowest BCUT2D eigenvalue weighted by Crippen LogP contribution is -1.98. The Bertz CT molecular complexity index is 852. The van der Waals surface area contributed by atoms with Gasteiger partial charge in [0.05, 0.1) is 6.61 Å². The van der Waals surface area contributed by atoms with Crippen molar-refractivity contribution in [1.29, 1.82) is 0 Å². The highest BCUT2D eigenvalue weighted by molar-refractivity contribution is 5.64. The van der Waals surface area contributed by atoms with Gasteiger partial charge in [0, 0.05) is 0 Å². The number of ether oxygens (including phenoxy) is 2. The third kappa shape index (κ3) is 7.14. The van der Waals surface area contributed by atoms with E-state index in [-0.39, 0.29) is 5.75 Å². The number of unbranched alkanes of at least 4 members (excludes halogenated alkanes) is 5. The van der Waals surface area contributed by atoms with E-state index in [1.807, 2.05) is 48.5 Å². The van der Waals surface area contributed by atoms with Crippen LogP contribution in [-0.4, -0.2) is 11.7 Å². The molecule has 30 heavy (non-hydrogen) atoms. The van der Waals surface area contributed by atoms with Crippen molar-refractivity contribution in [1.82, 2.24) is 0 Å². The molecule has 1 N–H and O–H groups in total. The number of benzene rings is 3. The Labute approximate surface area is 180 Å². The van der Waals surface area contributed by atoms with Crippen molar-refractivity contribution in [3.63, 3.8) is 0 Å². The van der Waals surface area contributed by atoms with Gasteiger partial charge in [0.1, 0.15) is 23.9 Å². The van der Waals surface area contributed by atoms with E-state index < -0.39 is 0 Å². The summed E-state index contributed by atoms with van der Waals surface area (Å²) in [5, 5.41) is 9.41. The van der Waals surface area contributed by atoms with E-state index in [4.69, 9.17) is 9.47 Å². The summed E-state index contributed by atoms with van der Waals surface area (Å²) in [6.45, 7) is 3.55. The third-order valence-electron chi connectivity index (χ3n) is 5.15. The topological polar surface area (TPSA) is 38.7 Å². The first-order chi connectivity index (χ1) is 14.7. The maximum absolute atomic E-state index is 9.41. The number of phenolic OH excluding ortho intramolecular Hbond substituents is 1. The van der Waals surface area contributed by atoms with Crippen molar-refractivity contribution in [2.24, 2.45) is 0 Å². The zero-order chi connectivity index (χ0) is 21.0. The number of phenols is 1. The van der Waals surface area contributed by atoms with Gasteiger partial charge < -0.3 is 14.6 Å². The summed E-state index contributed by atoms with van der Waals surface area (Å²) in [5.74, 6) is 2.03. The third-order valence-corrected chi connectivity index (χ3v) is 5.15. The summed E-state index contributed by atoms with van der Waals surface area (Å²) >= 11 is 0. The van der Waals surface area contributed by atoms with Crippen molar-refractivity contribution in [3.8, 4) is 28.4 Å². The maximum atomic E-state index is 9.41. The molecule has 0 radical (unpaired) electrons. The number of hydrogen-bond donors (Lipinski definition) is 1. The van der Waals surface area contributed by atoms with Gasteiger partial charge in [-0.25, -0.2) is 0 Å². The Morgan fingerprint density at radius 2 is 1.13 bits per heavy atom. The molecule has 3 nitrogen and oxygen atoms in total. The normalized spacial score (nSPS) is 10.7. The number of aromatic hydroxyl groups is 1. The van der Waals surface area contributed by atoms with Gasteiger partial charge in [-0.15, -0.1) is 0 Å². The minimum Gasteiger partial charge on any atom is -0.508 e. The molecule has 0 aliphatic carbocycles. The van der Waals surface area contributed by atoms with Crippen LogP contribution >= 0.6 is 0 Å². The van der Waals surface area contributed by atoms with Crippen molar-refractivity contribution in [3.05, 3.63) is 78.4 Å². The lowest BCUT2D eigenvalue weighted by atomic mass is 10.1. The van der Waals surface area contributed by atoms with Crippen molar-refractivity contribution >= 4 is 0 Å². The summed E-state index contributed by atoms with van der Waals surface area (Å²) in [5.41, 5.74) is 3.27. The second-order valence-electron chi connectivity index (χ2n) is 7.62. The molecule has 0 bridgehead atoms. The second kappa shape index (κ2) is 11.9. The molecule has 0 aliphatic rings.